The second-order valence-electron chi connectivity index (χ2n) is 13.3. The fraction of sp³-hybridized carbons (Fsp3) is 0.933. The van der Waals surface area contributed by atoms with Gasteiger partial charge in [0.05, 0.1) is 48.1 Å². The van der Waals surface area contributed by atoms with Crippen molar-refractivity contribution in [2.24, 2.45) is 23.7 Å². The summed E-state index contributed by atoms with van der Waals surface area (Å²) >= 11 is 0. The number of carbonyl (C=O) groups is 2. The average Bonchev–Trinajstić information content (AvgIpc) is 2.91. The van der Waals surface area contributed by atoms with Crippen molar-refractivity contribution < 1.29 is 54.4 Å². The average molecular weight is 606 g/mol. The number of ether oxygens (including phenoxy) is 3. The highest BCUT2D eigenvalue weighted by atomic mass is 16.7. The third-order valence-corrected chi connectivity index (χ3v) is 9.64. The lowest BCUT2D eigenvalue weighted by molar-refractivity contribution is -0.299. The minimum Gasteiger partial charge on any atom is -0.459 e. The van der Waals surface area contributed by atoms with E-state index in [1.807, 2.05) is 0 Å². The van der Waals surface area contributed by atoms with Gasteiger partial charge in [0.15, 0.2) is 6.29 Å². The molecule has 2 aliphatic rings. The fourth-order valence-electron chi connectivity index (χ4n) is 6.69. The predicted octanol–water partition coefficient (Wildman–Crippen LogP) is 0.569. The molecule has 2 aliphatic heterocycles. The molecule has 6 N–H and O–H groups in total. The number of hydrogen-bond acceptors (Lipinski definition) is 11. The zero-order chi connectivity index (χ0) is 32.5. The summed E-state index contributed by atoms with van der Waals surface area (Å²) in [6.07, 6.45) is -8.97. The van der Waals surface area contributed by atoms with Gasteiger partial charge in [-0.3, -0.25) is 9.59 Å². The zero-order valence-electron chi connectivity index (χ0n) is 26.8. The smallest absolute Gasteiger partial charge is 0.311 e. The molecule has 42 heavy (non-hydrogen) atoms. The molecule has 15 atom stereocenters. The molecule has 0 saturated carbocycles. The lowest BCUT2D eigenvalue weighted by Gasteiger charge is -2.47. The van der Waals surface area contributed by atoms with Crippen LogP contribution in [0.15, 0.2) is 0 Å². The molecule has 2 saturated heterocycles. The lowest BCUT2D eigenvalue weighted by Crippen LogP contribution is -2.60. The zero-order valence-corrected chi connectivity index (χ0v) is 26.8. The quantitative estimate of drug-likeness (QED) is 0.246. The number of rotatable bonds is 4. The summed E-state index contributed by atoms with van der Waals surface area (Å²) < 4.78 is 17.8. The summed E-state index contributed by atoms with van der Waals surface area (Å²) in [5.41, 5.74) is -3.66. The van der Waals surface area contributed by atoms with Gasteiger partial charge < -0.3 is 49.7 Å². The van der Waals surface area contributed by atoms with Crippen molar-refractivity contribution in [1.29, 1.82) is 0 Å². The first-order chi connectivity index (χ1) is 19.2. The topological polar surface area (TPSA) is 186 Å². The number of aliphatic hydroxyl groups excluding tert-OH is 4. The summed E-state index contributed by atoms with van der Waals surface area (Å²) in [6.45, 7) is 14.0. The molecule has 2 heterocycles. The van der Waals surface area contributed by atoms with Crippen LogP contribution in [0.3, 0.4) is 0 Å². The molecule has 0 aromatic heterocycles. The molecule has 0 unspecified atom stereocenters. The highest BCUT2D eigenvalue weighted by Crippen LogP contribution is 2.38. The Morgan fingerprint density at radius 1 is 1.00 bits per heavy atom. The lowest BCUT2D eigenvalue weighted by atomic mass is 9.73. The molecular formula is C30H55NO11. The van der Waals surface area contributed by atoms with E-state index in [-0.39, 0.29) is 18.7 Å². The predicted molar refractivity (Wildman–Crippen MR) is 153 cm³/mol. The van der Waals surface area contributed by atoms with Crippen molar-refractivity contribution in [3.8, 4) is 0 Å². The second kappa shape index (κ2) is 14.2. The maximum atomic E-state index is 13.2. The van der Waals surface area contributed by atoms with Gasteiger partial charge in [-0.2, -0.15) is 0 Å². The van der Waals surface area contributed by atoms with Crippen molar-refractivity contribution in [1.82, 2.24) is 4.90 Å². The second-order valence-corrected chi connectivity index (χ2v) is 13.3. The number of amides is 1. The van der Waals surface area contributed by atoms with Crippen molar-refractivity contribution in [3.05, 3.63) is 0 Å². The van der Waals surface area contributed by atoms with Crippen LogP contribution in [0.1, 0.15) is 81.6 Å². The van der Waals surface area contributed by atoms with Gasteiger partial charge in [0, 0.05) is 25.8 Å². The molecule has 12 nitrogen and oxygen atoms in total. The van der Waals surface area contributed by atoms with Gasteiger partial charge in [-0.1, -0.05) is 27.7 Å². The minimum absolute atomic E-state index is 0.0692. The van der Waals surface area contributed by atoms with E-state index in [0.29, 0.717) is 6.42 Å². The maximum absolute atomic E-state index is 13.2. The Hall–Kier alpha value is -1.38. The van der Waals surface area contributed by atoms with Crippen molar-refractivity contribution in [2.75, 3.05) is 7.05 Å². The highest BCUT2D eigenvalue weighted by molar-refractivity contribution is 5.73. The number of nitrogens with zero attached hydrogens (tertiary/aromatic N) is 1. The standard InChI is InChI=1S/C30H55NO11/c1-11-21-30(9,39)25(36)16(4)22(33)14(2)13-29(8,38)26(17(5)23(34)18(6)27(37)41-21)42-28-24(35)20(12-15(3)40-28)31(10)19(7)32/h14-18,20-26,28,33-36,38-39H,11-13H2,1-10H3/t14-,15+,16+,17+,18-,20-,21-,22+,23+,24+,25-,26-,28-,29-,30-/m1/s1. The first-order valence-electron chi connectivity index (χ1n) is 15.1. The van der Waals surface area contributed by atoms with Crippen LogP contribution in [0, 0.1) is 23.7 Å². The van der Waals surface area contributed by atoms with Gasteiger partial charge in [-0.05, 0) is 52.9 Å². The molecule has 1 amide bonds. The fourth-order valence-corrected chi connectivity index (χ4v) is 6.69. The molecule has 246 valence electrons. The Labute approximate surface area is 249 Å². The van der Waals surface area contributed by atoms with Gasteiger partial charge in [0.2, 0.25) is 5.91 Å². The highest BCUT2D eigenvalue weighted by Gasteiger charge is 2.51. The Morgan fingerprint density at radius 3 is 2.10 bits per heavy atom. The third-order valence-electron chi connectivity index (χ3n) is 9.64. The molecule has 0 aromatic carbocycles. The SMILES string of the molecule is CC[C@H]1OC(=O)[C@H](C)[C@@H](O)[C@H](C)[C@@H](O[C@H]2O[C@@H](C)C[C@@H](N(C)C(C)=O)[C@@H]2O)[C@](C)(O)C[C@@H](C)[C@H](O)[C@H](C)[C@@H](O)[C@]1(C)O. The van der Waals surface area contributed by atoms with E-state index in [2.05, 4.69) is 0 Å². The first-order valence-corrected chi connectivity index (χ1v) is 15.1. The van der Waals surface area contributed by atoms with Gasteiger partial charge in [0.25, 0.3) is 0 Å². The van der Waals surface area contributed by atoms with Crippen molar-refractivity contribution in [3.63, 3.8) is 0 Å². The third kappa shape index (κ3) is 7.82. The number of hydrogen-bond donors (Lipinski definition) is 6. The van der Waals surface area contributed by atoms with Gasteiger partial charge in [-0.15, -0.1) is 0 Å². The monoisotopic (exact) mass is 605 g/mol. The Morgan fingerprint density at radius 2 is 1.57 bits per heavy atom. The van der Waals surface area contributed by atoms with Crippen molar-refractivity contribution in [2.45, 2.75) is 148 Å². The summed E-state index contributed by atoms with van der Waals surface area (Å²) in [4.78, 5) is 26.7. The molecule has 2 fully saturated rings. The van der Waals surface area contributed by atoms with Crippen LogP contribution < -0.4 is 0 Å². The largest absolute Gasteiger partial charge is 0.459 e. The van der Waals surface area contributed by atoms with Crippen LogP contribution in [-0.4, -0.2) is 121 Å². The van der Waals surface area contributed by atoms with Crippen LogP contribution in [0.4, 0.5) is 0 Å². The number of carbonyl (C=O) groups excluding carboxylic acids is 2. The Kier molecular flexibility index (Phi) is 12.4. The van der Waals surface area contributed by atoms with E-state index in [9.17, 15) is 40.2 Å². The first kappa shape index (κ1) is 36.8. The Bertz CT molecular complexity index is 914. The van der Waals surface area contributed by atoms with Crippen LogP contribution >= 0.6 is 0 Å². The normalized spacial score (nSPS) is 48.2. The number of likely N-dealkylation sites (N-methyl/N-ethyl adjacent to an activating group) is 1. The van der Waals surface area contributed by atoms with E-state index in [4.69, 9.17) is 14.2 Å². The van der Waals surface area contributed by atoms with E-state index in [1.165, 1.54) is 32.6 Å². The van der Waals surface area contributed by atoms with Gasteiger partial charge >= 0.3 is 5.97 Å². The van der Waals surface area contributed by atoms with Crippen LogP contribution in [0.5, 0.6) is 0 Å². The van der Waals surface area contributed by atoms with Crippen LogP contribution in [-0.2, 0) is 23.8 Å². The molecule has 0 bridgehead atoms. The minimum atomic E-state index is -1.91. The van der Waals surface area contributed by atoms with E-state index in [0.717, 1.165) is 0 Å². The summed E-state index contributed by atoms with van der Waals surface area (Å²) in [5, 5.41) is 68.0. The molecule has 0 aliphatic carbocycles. The van der Waals surface area contributed by atoms with Crippen molar-refractivity contribution >= 4 is 11.9 Å². The van der Waals surface area contributed by atoms with Crippen LogP contribution in [0.2, 0.25) is 0 Å². The number of cyclic esters (lactones) is 1. The summed E-state index contributed by atoms with van der Waals surface area (Å²) in [5.74, 6) is -4.64. The van der Waals surface area contributed by atoms with E-state index < -0.39 is 95.9 Å². The molecule has 0 spiro atoms. The summed E-state index contributed by atoms with van der Waals surface area (Å²) in [6, 6.07) is -0.629. The van der Waals surface area contributed by atoms with Gasteiger partial charge in [0.1, 0.15) is 17.8 Å². The van der Waals surface area contributed by atoms with Gasteiger partial charge in [-0.25, -0.2) is 0 Å². The van der Waals surface area contributed by atoms with E-state index in [1.54, 1.807) is 41.7 Å². The number of esters is 1. The van der Waals surface area contributed by atoms with Crippen LogP contribution in [0.25, 0.3) is 0 Å². The summed E-state index contributed by atoms with van der Waals surface area (Å²) in [7, 11) is 1.57. The number of aliphatic hydroxyl groups is 6. The van der Waals surface area contributed by atoms with E-state index >= 15 is 0 Å². The molecular weight excluding hydrogens is 550 g/mol. The Balaban J connectivity index is 2.55. The molecule has 12 heteroatoms. The molecule has 2 rings (SSSR count). The maximum Gasteiger partial charge on any atom is 0.311 e. The molecule has 0 aromatic rings. The molecule has 0 radical (unpaired) electrons.